The number of amides is 2. The summed E-state index contributed by atoms with van der Waals surface area (Å²) in [7, 11) is 1.74. The van der Waals surface area contributed by atoms with Crippen LogP contribution in [0.3, 0.4) is 0 Å². The zero-order valence-corrected chi connectivity index (χ0v) is 13.3. The van der Waals surface area contributed by atoms with E-state index < -0.39 is 11.9 Å². The van der Waals surface area contributed by atoms with E-state index in [1.54, 1.807) is 11.9 Å². The molecule has 2 amide bonds. The molecule has 0 aromatic carbocycles. The average molecular weight is 300 g/mol. The molecule has 0 bridgehead atoms. The highest BCUT2D eigenvalue weighted by molar-refractivity contribution is 5.75. The van der Waals surface area contributed by atoms with Crippen LogP contribution in [0.25, 0.3) is 0 Å². The summed E-state index contributed by atoms with van der Waals surface area (Å²) in [4.78, 5) is 24.8. The number of rotatable bonds is 7. The number of carbonyl (C=O) groups excluding carboxylic acids is 1. The number of carboxylic acid groups (broad SMARTS) is 1. The van der Waals surface area contributed by atoms with E-state index >= 15 is 0 Å². The summed E-state index contributed by atoms with van der Waals surface area (Å²) in [6.07, 6.45) is 2.67. The van der Waals surface area contributed by atoms with Crippen molar-refractivity contribution in [3.8, 4) is 0 Å². The van der Waals surface area contributed by atoms with Gasteiger partial charge in [-0.05, 0) is 25.2 Å². The topological polar surface area (TPSA) is 78.9 Å². The van der Waals surface area contributed by atoms with Crippen LogP contribution in [-0.4, -0.2) is 55.4 Å². The maximum Gasteiger partial charge on any atom is 0.317 e. The monoisotopic (exact) mass is 300 g/mol. The minimum Gasteiger partial charge on any atom is -0.481 e. The third-order valence-electron chi connectivity index (χ3n) is 3.74. The van der Waals surface area contributed by atoms with Gasteiger partial charge in [0.25, 0.3) is 0 Å². The van der Waals surface area contributed by atoms with E-state index in [1.807, 2.05) is 13.8 Å². The van der Waals surface area contributed by atoms with Gasteiger partial charge in [0.05, 0.1) is 12.5 Å². The quantitative estimate of drug-likeness (QED) is 0.751. The number of hydrogen-bond acceptors (Lipinski definition) is 3. The third kappa shape index (κ3) is 6.80. The van der Waals surface area contributed by atoms with Crippen LogP contribution < -0.4 is 5.32 Å². The van der Waals surface area contributed by atoms with Crippen molar-refractivity contribution in [3.05, 3.63) is 0 Å². The normalized spacial score (nSPS) is 20.1. The molecule has 0 saturated carbocycles. The van der Waals surface area contributed by atoms with Crippen LogP contribution in [0, 0.1) is 17.8 Å². The van der Waals surface area contributed by atoms with Gasteiger partial charge >= 0.3 is 12.0 Å². The van der Waals surface area contributed by atoms with Crippen LogP contribution in [0.2, 0.25) is 0 Å². The second kappa shape index (κ2) is 8.87. The first-order valence-electron chi connectivity index (χ1n) is 7.69. The van der Waals surface area contributed by atoms with Crippen molar-refractivity contribution in [2.45, 2.75) is 33.1 Å². The van der Waals surface area contributed by atoms with Gasteiger partial charge in [0.2, 0.25) is 0 Å². The van der Waals surface area contributed by atoms with Crippen LogP contribution in [0.1, 0.15) is 33.1 Å². The molecular weight excluding hydrogens is 272 g/mol. The van der Waals surface area contributed by atoms with E-state index in [0.717, 1.165) is 19.4 Å². The largest absolute Gasteiger partial charge is 0.481 e. The first kappa shape index (κ1) is 17.8. The molecule has 0 spiro atoms. The number of ether oxygens (including phenoxy) is 1. The lowest BCUT2D eigenvalue weighted by atomic mass is 9.97. The summed E-state index contributed by atoms with van der Waals surface area (Å²) < 4.78 is 5.40. The van der Waals surface area contributed by atoms with Gasteiger partial charge in [-0.25, -0.2) is 4.79 Å². The summed E-state index contributed by atoms with van der Waals surface area (Å²) >= 11 is 0. The molecule has 1 rings (SSSR count). The van der Waals surface area contributed by atoms with Crippen LogP contribution >= 0.6 is 0 Å². The lowest BCUT2D eigenvalue weighted by Crippen LogP contribution is -2.44. The molecule has 21 heavy (non-hydrogen) atoms. The van der Waals surface area contributed by atoms with Crippen LogP contribution in [0.5, 0.6) is 0 Å². The number of carbonyl (C=O) groups is 2. The number of hydrogen-bond donors (Lipinski definition) is 2. The Morgan fingerprint density at radius 3 is 2.67 bits per heavy atom. The molecule has 1 aliphatic heterocycles. The zero-order valence-electron chi connectivity index (χ0n) is 13.3. The Labute approximate surface area is 126 Å². The van der Waals surface area contributed by atoms with E-state index in [-0.39, 0.29) is 12.6 Å². The molecule has 1 saturated heterocycles. The van der Waals surface area contributed by atoms with E-state index in [4.69, 9.17) is 9.84 Å². The van der Waals surface area contributed by atoms with Gasteiger partial charge in [-0.2, -0.15) is 0 Å². The molecule has 6 heteroatoms. The molecule has 1 heterocycles. The highest BCUT2D eigenvalue weighted by Crippen LogP contribution is 2.15. The standard InChI is InChI=1S/C15H28N2O4/c1-11(2)7-13(14(18)19)8-16-15(20)17(3)9-12-5-4-6-21-10-12/h11-13H,4-10H2,1-3H3,(H,16,20)(H,18,19). The fourth-order valence-corrected chi connectivity index (χ4v) is 2.61. The minimum absolute atomic E-state index is 0.178. The number of nitrogens with one attached hydrogen (secondary N) is 1. The lowest BCUT2D eigenvalue weighted by molar-refractivity contribution is -0.142. The third-order valence-corrected chi connectivity index (χ3v) is 3.74. The summed E-state index contributed by atoms with van der Waals surface area (Å²) in [5.41, 5.74) is 0. The zero-order chi connectivity index (χ0) is 15.8. The van der Waals surface area contributed by atoms with E-state index in [9.17, 15) is 9.59 Å². The molecule has 2 N–H and O–H groups in total. The van der Waals surface area contributed by atoms with Gasteiger partial charge in [0.15, 0.2) is 0 Å². The molecule has 2 unspecified atom stereocenters. The highest BCUT2D eigenvalue weighted by atomic mass is 16.5. The second-order valence-corrected chi connectivity index (χ2v) is 6.31. The van der Waals surface area contributed by atoms with Crippen molar-refractivity contribution in [1.82, 2.24) is 10.2 Å². The molecule has 0 aromatic heterocycles. The Balaban J connectivity index is 2.34. The van der Waals surface area contributed by atoms with Crippen LogP contribution in [0.15, 0.2) is 0 Å². The van der Waals surface area contributed by atoms with Crippen LogP contribution in [0.4, 0.5) is 4.79 Å². The fourth-order valence-electron chi connectivity index (χ4n) is 2.61. The SMILES string of the molecule is CC(C)CC(CNC(=O)N(C)CC1CCCOC1)C(=O)O. The number of carboxylic acids is 1. The van der Waals surface area contributed by atoms with Crippen molar-refractivity contribution >= 4 is 12.0 Å². The molecule has 0 aromatic rings. The van der Waals surface area contributed by atoms with Gasteiger partial charge in [-0.1, -0.05) is 13.8 Å². The van der Waals surface area contributed by atoms with Crippen molar-refractivity contribution < 1.29 is 19.4 Å². The predicted octanol–water partition coefficient (Wildman–Crippen LogP) is 1.80. The summed E-state index contributed by atoms with van der Waals surface area (Å²) in [6.45, 7) is 6.29. The number of urea groups is 1. The molecular formula is C15H28N2O4. The maximum atomic E-state index is 12.0. The van der Waals surface area contributed by atoms with Crippen molar-refractivity contribution in [2.24, 2.45) is 17.8 Å². The number of nitrogens with zero attached hydrogens (tertiary/aromatic N) is 1. The van der Waals surface area contributed by atoms with E-state index in [0.29, 0.717) is 31.4 Å². The summed E-state index contributed by atoms with van der Waals surface area (Å²) in [6, 6.07) is -0.212. The van der Waals surface area contributed by atoms with E-state index in [1.165, 1.54) is 0 Å². The maximum absolute atomic E-state index is 12.0. The average Bonchev–Trinajstić information content (AvgIpc) is 2.43. The Hall–Kier alpha value is -1.30. The molecule has 2 atom stereocenters. The Morgan fingerprint density at radius 2 is 2.14 bits per heavy atom. The Morgan fingerprint density at radius 1 is 1.43 bits per heavy atom. The molecule has 1 aliphatic rings. The first-order chi connectivity index (χ1) is 9.90. The Kier molecular flexibility index (Phi) is 7.50. The van der Waals surface area contributed by atoms with Crippen LogP contribution in [-0.2, 0) is 9.53 Å². The number of aliphatic carboxylic acids is 1. The predicted molar refractivity (Wildman–Crippen MR) is 80.2 cm³/mol. The molecule has 6 nitrogen and oxygen atoms in total. The minimum atomic E-state index is -0.854. The summed E-state index contributed by atoms with van der Waals surface area (Å²) in [5, 5.41) is 11.9. The molecule has 0 radical (unpaired) electrons. The molecule has 0 aliphatic carbocycles. The van der Waals surface area contributed by atoms with Gasteiger partial charge in [-0.3, -0.25) is 4.79 Å². The van der Waals surface area contributed by atoms with Gasteiger partial charge in [0.1, 0.15) is 0 Å². The second-order valence-electron chi connectivity index (χ2n) is 6.31. The lowest BCUT2D eigenvalue weighted by Gasteiger charge is -2.27. The smallest absolute Gasteiger partial charge is 0.317 e. The van der Waals surface area contributed by atoms with E-state index in [2.05, 4.69) is 5.32 Å². The van der Waals surface area contributed by atoms with Gasteiger partial charge < -0.3 is 20.1 Å². The fraction of sp³-hybridized carbons (Fsp3) is 0.867. The Bertz CT molecular complexity index is 341. The highest BCUT2D eigenvalue weighted by Gasteiger charge is 2.22. The summed E-state index contributed by atoms with van der Waals surface area (Å²) in [5.74, 6) is -0.715. The first-order valence-corrected chi connectivity index (χ1v) is 7.69. The molecule has 122 valence electrons. The van der Waals surface area contributed by atoms with Crippen molar-refractivity contribution in [3.63, 3.8) is 0 Å². The van der Waals surface area contributed by atoms with Gasteiger partial charge in [-0.15, -0.1) is 0 Å². The molecule has 1 fully saturated rings. The van der Waals surface area contributed by atoms with Crippen molar-refractivity contribution in [1.29, 1.82) is 0 Å². The van der Waals surface area contributed by atoms with Gasteiger partial charge in [0, 0.05) is 32.7 Å². The van der Waals surface area contributed by atoms with Crippen molar-refractivity contribution in [2.75, 3.05) is 33.4 Å².